The van der Waals surface area contributed by atoms with Gasteiger partial charge in [-0.3, -0.25) is 9.78 Å². The fraction of sp³-hybridized carbons (Fsp3) is 0.296. The van der Waals surface area contributed by atoms with Crippen molar-refractivity contribution < 1.29 is 14.3 Å². The number of pyridine rings is 2. The third-order valence-corrected chi connectivity index (χ3v) is 7.98. The Balaban J connectivity index is 1.45. The number of carbonyl (C=O) groups is 1. The molecule has 1 aromatic carbocycles. The number of nitrogens with one attached hydrogen (secondary N) is 2. The quantitative estimate of drug-likeness (QED) is 0.310. The van der Waals surface area contributed by atoms with E-state index in [-0.39, 0.29) is 5.91 Å². The van der Waals surface area contributed by atoms with Crippen LogP contribution in [0.1, 0.15) is 24.2 Å². The first-order chi connectivity index (χ1) is 17.9. The van der Waals surface area contributed by atoms with Crippen molar-refractivity contribution in [3.05, 3.63) is 60.6 Å². The number of carbonyl (C=O) groups excluding carboxylic acids is 1. The van der Waals surface area contributed by atoms with E-state index in [1.807, 2.05) is 30.3 Å². The number of ether oxygens (including phenoxy) is 2. The zero-order valence-corrected chi connectivity index (χ0v) is 22.6. The molecule has 3 heterocycles. The Morgan fingerprint density at radius 1 is 1.03 bits per heavy atom. The average molecular weight is 515 g/mol. The van der Waals surface area contributed by atoms with E-state index in [1.165, 1.54) is 0 Å². The number of nitrogens with zero attached hydrogens (tertiary/aromatic N) is 4. The van der Waals surface area contributed by atoms with E-state index in [0.29, 0.717) is 38.3 Å². The van der Waals surface area contributed by atoms with Crippen LogP contribution in [0.25, 0.3) is 22.2 Å². The van der Waals surface area contributed by atoms with Crippen LogP contribution in [0.4, 0.5) is 5.82 Å². The molecule has 0 bridgehead atoms. The van der Waals surface area contributed by atoms with Gasteiger partial charge in [0.25, 0.3) is 5.91 Å². The van der Waals surface area contributed by atoms with Crippen LogP contribution in [0.3, 0.4) is 0 Å². The van der Waals surface area contributed by atoms with Gasteiger partial charge in [0.2, 0.25) is 11.8 Å². The van der Waals surface area contributed by atoms with E-state index in [9.17, 15) is 4.79 Å². The zero-order valence-electron chi connectivity index (χ0n) is 21.6. The van der Waals surface area contributed by atoms with Crippen LogP contribution >= 0.6 is 0 Å². The summed E-state index contributed by atoms with van der Waals surface area (Å²) in [5.74, 6) is 1.90. The van der Waals surface area contributed by atoms with Crippen molar-refractivity contribution in [3.8, 4) is 23.0 Å². The number of amides is 1. The first-order valence-corrected chi connectivity index (χ1v) is 13.0. The van der Waals surface area contributed by atoms with Crippen LogP contribution in [0.5, 0.6) is 11.8 Å². The van der Waals surface area contributed by atoms with Gasteiger partial charge in [-0.2, -0.15) is 4.98 Å². The van der Waals surface area contributed by atoms with Crippen LogP contribution in [0.2, 0.25) is 5.54 Å². The fourth-order valence-corrected chi connectivity index (χ4v) is 5.33. The molecule has 37 heavy (non-hydrogen) atoms. The topological polar surface area (TPSA) is 111 Å². The largest absolute Gasteiger partial charge is 0.481 e. The van der Waals surface area contributed by atoms with E-state index in [4.69, 9.17) is 9.47 Å². The molecule has 4 rings (SSSR count). The first kappa shape index (κ1) is 26.0. The molecule has 10 heteroatoms. The number of aromatic nitrogens is 4. The Morgan fingerprint density at radius 2 is 1.78 bits per heavy atom. The summed E-state index contributed by atoms with van der Waals surface area (Å²) in [6, 6.07) is 13.4. The van der Waals surface area contributed by atoms with Gasteiger partial charge in [-0.1, -0.05) is 32.0 Å². The summed E-state index contributed by atoms with van der Waals surface area (Å²) in [4.78, 5) is 29.9. The Bertz CT molecular complexity index is 1380. The molecule has 0 saturated carbocycles. The number of rotatable bonds is 10. The van der Waals surface area contributed by atoms with Crippen molar-refractivity contribution >= 4 is 37.3 Å². The molecule has 190 valence electrons. The van der Waals surface area contributed by atoms with Gasteiger partial charge < -0.3 is 20.1 Å². The maximum absolute atomic E-state index is 12.3. The van der Waals surface area contributed by atoms with E-state index >= 15 is 0 Å². The van der Waals surface area contributed by atoms with E-state index in [0.717, 1.165) is 39.7 Å². The first-order valence-electron chi connectivity index (χ1n) is 12.0. The van der Waals surface area contributed by atoms with Gasteiger partial charge in [-0.05, 0) is 22.7 Å². The monoisotopic (exact) mass is 514 g/mol. The summed E-state index contributed by atoms with van der Waals surface area (Å²) in [5, 5.41) is 8.20. The highest BCUT2D eigenvalue weighted by molar-refractivity contribution is 6.58. The number of hydrogen-bond donors (Lipinski definition) is 2. The Labute approximate surface area is 218 Å². The molecular weight excluding hydrogens is 484 g/mol. The predicted octanol–water partition coefficient (Wildman–Crippen LogP) is 3.35. The molecule has 0 saturated heterocycles. The normalized spacial score (nSPS) is 12.6. The third-order valence-electron chi connectivity index (χ3n) is 6.24. The van der Waals surface area contributed by atoms with Crippen molar-refractivity contribution in [2.45, 2.75) is 19.4 Å². The van der Waals surface area contributed by atoms with Gasteiger partial charge >= 0.3 is 0 Å². The van der Waals surface area contributed by atoms with Crippen molar-refractivity contribution in [3.63, 3.8) is 0 Å². The molecule has 9 nitrogen and oxygen atoms in total. The molecule has 0 aliphatic rings. The summed E-state index contributed by atoms with van der Waals surface area (Å²) in [7, 11) is 5.31. The predicted molar refractivity (Wildman–Crippen MR) is 146 cm³/mol. The molecular formula is C27H30N6O3Si. The van der Waals surface area contributed by atoms with Crippen LogP contribution in [-0.2, 0) is 0 Å². The summed E-state index contributed by atoms with van der Waals surface area (Å²) >= 11 is 0. The lowest BCUT2D eigenvalue weighted by molar-refractivity contribution is 0.0964. The Hall–Kier alpha value is -4.05. The summed E-state index contributed by atoms with van der Waals surface area (Å²) in [5.41, 5.74) is 3.49. The molecule has 3 aromatic heterocycles. The second-order valence-electron chi connectivity index (χ2n) is 8.66. The van der Waals surface area contributed by atoms with Crippen molar-refractivity contribution in [2.24, 2.45) is 5.92 Å². The van der Waals surface area contributed by atoms with Crippen molar-refractivity contribution in [2.75, 3.05) is 33.1 Å². The lowest BCUT2D eigenvalue weighted by atomic mass is 10.1. The number of para-hydroxylation sites is 1. The molecule has 2 radical (unpaired) electrons. The van der Waals surface area contributed by atoms with E-state index < -0.39 is 0 Å². The summed E-state index contributed by atoms with van der Waals surface area (Å²) in [6.45, 7) is 5.21. The van der Waals surface area contributed by atoms with Crippen LogP contribution < -0.4 is 25.3 Å². The highest BCUT2D eigenvalue weighted by Gasteiger charge is 2.18. The number of hydrogen-bond acceptors (Lipinski definition) is 8. The summed E-state index contributed by atoms with van der Waals surface area (Å²) < 4.78 is 10.6. The molecule has 0 aliphatic heterocycles. The van der Waals surface area contributed by atoms with Gasteiger partial charge in [-0.25, -0.2) is 9.97 Å². The van der Waals surface area contributed by atoms with Gasteiger partial charge in [-0.15, -0.1) is 0 Å². The van der Waals surface area contributed by atoms with Crippen molar-refractivity contribution in [1.82, 2.24) is 25.3 Å². The standard InChI is InChI=1S/C27H30N6O3Si/c1-16(17(2)37-22-8-6-7-19-20(27(34)28-3)9-10-29-26(19)22)14-30-23-13-21(31-15-32-23)18-11-24(35-4)33-25(12-18)36-5/h6-13,15-17H,14H2,1-5H3,(H,28,34)(H,30,31,32)/t16?,17-/m1/s1. The lowest BCUT2D eigenvalue weighted by Gasteiger charge is -2.21. The van der Waals surface area contributed by atoms with E-state index in [1.54, 1.807) is 39.9 Å². The van der Waals surface area contributed by atoms with Gasteiger partial charge in [0.1, 0.15) is 12.1 Å². The number of anilines is 1. The van der Waals surface area contributed by atoms with Gasteiger partial charge in [0.05, 0.1) is 40.5 Å². The van der Waals surface area contributed by atoms with Crippen LogP contribution in [0.15, 0.2) is 55.0 Å². The molecule has 4 aromatic rings. The second-order valence-corrected chi connectivity index (χ2v) is 10.4. The Kier molecular flexibility index (Phi) is 8.29. The van der Waals surface area contributed by atoms with Crippen LogP contribution in [0, 0.1) is 5.92 Å². The van der Waals surface area contributed by atoms with Gasteiger partial charge in [0.15, 0.2) is 0 Å². The highest BCUT2D eigenvalue weighted by atomic mass is 28.2. The van der Waals surface area contributed by atoms with Crippen LogP contribution in [-0.4, -0.2) is 63.2 Å². The molecule has 1 unspecified atom stereocenters. The maximum Gasteiger partial charge on any atom is 0.251 e. The Morgan fingerprint density at radius 3 is 2.49 bits per heavy atom. The van der Waals surface area contributed by atoms with Crippen molar-refractivity contribution in [1.29, 1.82) is 0 Å². The number of benzene rings is 1. The third kappa shape index (κ3) is 6.03. The fourth-order valence-electron chi connectivity index (χ4n) is 3.90. The second kappa shape index (κ2) is 11.8. The zero-order chi connectivity index (χ0) is 26.4. The smallest absolute Gasteiger partial charge is 0.251 e. The minimum atomic E-state index is -0.105. The average Bonchev–Trinajstić information content (AvgIpc) is 2.95. The molecule has 0 fully saturated rings. The summed E-state index contributed by atoms with van der Waals surface area (Å²) in [6.07, 6.45) is 3.25. The maximum atomic E-state index is 12.3. The molecule has 1 amide bonds. The number of fused-ring (bicyclic) bond motifs is 1. The highest BCUT2D eigenvalue weighted by Crippen LogP contribution is 2.27. The minimum Gasteiger partial charge on any atom is -0.481 e. The number of methoxy groups -OCH3 is 2. The molecule has 2 N–H and O–H groups in total. The molecule has 0 aliphatic carbocycles. The molecule has 0 spiro atoms. The molecule has 2 atom stereocenters. The minimum absolute atomic E-state index is 0.105. The lowest BCUT2D eigenvalue weighted by Crippen LogP contribution is -2.27. The SMILES string of the molecule is CNC(=O)c1ccnc2c([Si][C@H](C)C(C)CNc3cc(-c4cc(OC)nc(OC)c4)ncn3)cccc12. The van der Waals surface area contributed by atoms with Gasteiger partial charge in [0, 0.05) is 48.9 Å². The van der Waals surface area contributed by atoms with E-state index in [2.05, 4.69) is 50.5 Å².